The molecule has 0 saturated heterocycles. The molecule has 0 aliphatic carbocycles. The number of ether oxygens (including phenoxy) is 1. The van der Waals surface area contributed by atoms with E-state index in [1.807, 2.05) is 34.9 Å². The highest BCUT2D eigenvalue weighted by atomic mass is 16.5. The van der Waals surface area contributed by atoms with Crippen molar-refractivity contribution in [2.24, 2.45) is 0 Å². The first-order valence-corrected chi connectivity index (χ1v) is 7.96. The standard InChI is InChI=1S/C19H17N3O3/c1-25-15-7-5-13(6-8-15)22-11-20-18-16(10-17(24)21-19(18)22)12-3-2-4-14(23)9-12/h2-9,11,16,23H,10H2,1H3,(H,21,24)/t16-/m0/s1. The van der Waals surface area contributed by atoms with Crippen LogP contribution >= 0.6 is 0 Å². The van der Waals surface area contributed by atoms with Crippen LogP contribution in [-0.4, -0.2) is 27.7 Å². The highest BCUT2D eigenvalue weighted by Crippen LogP contribution is 2.38. The number of amides is 1. The van der Waals surface area contributed by atoms with E-state index in [1.54, 1.807) is 31.6 Å². The van der Waals surface area contributed by atoms with Gasteiger partial charge in [0, 0.05) is 18.0 Å². The Kier molecular flexibility index (Phi) is 3.65. The Hall–Kier alpha value is -3.28. The maximum Gasteiger partial charge on any atom is 0.226 e. The third kappa shape index (κ3) is 2.71. The summed E-state index contributed by atoms with van der Waals surface area (Å²) < 4.78 is 7.03. The first-order chi connectivity index (χ1) is 12.2. The van der Waals surface area contributed by atoms with Gasteiger partial charge in [0.1, 0.15) is 23.6 Å². The Morgan fingerprint density at radius 3 is 2.76 bits per heavy atom. The average molecular weight is 335 g/mol. The molecule has 0 spiro atoms. The molecule has 0 bridgehead atoms. The molecule has 2 heterocycles. The highest BCUT2D eigenvalue weighted by Gasteiger charge is 2.31. The Morgan fingerprint density at radius 2 is 2.04 bits per heavy atom. The van der Waals surface area contributed by atoms with E-state index in [-0.39, 0.29) is 17.6 Å². The lowest BCUT2D eigenvalue weighted by atomic mass is 9.90. The van der Waals surface area contributed by atoms with E-state index in [0.29, 0.717) is 12.2 Å². The van der Waals surface area contributed by atoms with Crippen LogP contribution in [0.4, 0.5) is 5.82 Å². The lowest BCUT2D eigenvalue weighted by Gasteiger charge is -2.23. The number of methoxy groups -OCH3 is 1. The van der Waals surface area contributed by atoms with Crippen LogP contribution in [0.2, 0.25) is 0 Å². The molecule has 0 unspecified atom stereocenters. The molecule has 2 N–H and O–H groups in total. The van der Waals surface area contributed by atoms with E-state index < -0.39 is 0 Å². The van der Waals surface area contributed by atoms with Crippen molar-refractivity contribution in [1.29, 1.82) is 0 Å². The fraction of sp³-hybridized carbons (Fsp3) is 0.158. The Balaban J connectivity index is 1.78. The van der Waals surface area contributed by atoms with Crippen molar-refractivity contribution in [3.63, 3.8) is 0 Å². The maximum absolute atomic E-state index is 12.2. The molecule has 6 nitrogen and oxygen atoms in total. The van der Waals surface area contributed by atoms with Gasteiger partial charge in [-0.1, -0.05) is 12.1 Å². The molecule has 1 aliphatic rings. The summed E-state index contributed by atoms with van der Waals surface area (Å²) in [6.45, 7) is 0. The lowest BCUT2D eigenvalue weighted by Crippen LogP contribution is -2.24. The SMILES string of the molecule is COc1ccc(-n2cnc3c2NC(=O)C[C@H]3c2cccc(O)c2)cc1. The normalized spacial score (nSPS) is 16.2. The third-order valence-electron chi connectivity index (χ3n) is 4.40. The van der Waals surface area contributed by atoms with E-state index in [0.717, 1.165) is 22.7 Å². The van der Waals surface area contributed by atoms with Crippen LogP contribution in [-0.2, 0) is 4.79 Å². The third-order valence-corrected chi connectivity index (χ3v) is 4.40. The van der Waals surface area contributed by atoms with E-state index in [1.165, 1.54) is 0 Å². The van der Waals surface area contributed by atoms with Crippen LogP contribution in [0.25, 0.3) is 5.69 Å². The van der Waals surface area contributed by atoms with Gasteiger partial charge in [-0.15, -0.1) is 0 Å². The molecular formula is C19H17N3O3. The number of carbonyl (C=O) groups excluding carboxylic acids is 1. The van der Waals surface area contributed by atoms with Gasteiger partial charge < -0.3 is 15.2 Å². The first kappa shape index (κ1) is 15.3. The van der Waals surface area contributed by atoms with E-state index in [2.05, 4.69) is 10.3 Å². The quantitative estimate of drug-likeness (QED) is 0.771. The van der Waals surface area contributed by atoms with Gasteiger partial charge in [0.15, 0.2) is 0 Å². The number of carbonyl (C=O) groups is 1. The zero-order valence-electron chi connectivity index (χ0n) is 13.6. The molecule has 1 atom stereocenters. The van der Waals surface area contributed by atoms with Gasteiger partial charge >= 0.3 is 0 Å². The minimum atomic E-state index is -0.185. The minimum Gasteiger partial charge on any atom is -0.508 e. The number of aromatic hydroxyl groups is 1. The smallest absolute Gasteiger partial charge is 0.226 e. The molecule has 0 radical (unpaired) electrons. The summed E-state index contributed by atoms with van der Waals surface area (Å²) in [6.07, 6.45) is 2.00. The van der Waals surface area contributed by atoms with Crippen LogP contribution in [0.5, 0.6) is 11.5 Å². The fourth-order valence-electron chi connectivity index (χ4n) is 3.16. The Bertz CT molecular complexity index is 931. The van der Waals surface area contributed by atoms with Crippen molar-refractivity contribution in [3.8, 4) is 17.2 Å². The van der Waals surface area contributed by atoms with Crippen molar-refractivity contribution in [1.82, 2.24) is 9.55 Å². The van der Waals surface area contributed by atoms with Crippen LogP contribution in [0, 0.1) is 0 Å². The number of benzene rings is 2. The molecule has 2 aromatic carbocycles. The van der Waals surface area contributed by atoms with Crippen LogP contribution in [0.15, 0.2) is 54.9 Å². The molecular weight excluding hydrogens is 318 g/mol. The van der Waals surface area contributed by atoms with E-state index in [9.17, 15) is 9.90 Å². The summed E-state index contributed by atoms with van der Waals surface area (Å²) in [5.41, 5.74) is 2.54. The number of phenols is 1. The summed E-state index contributed by atoms with van der Waals surface area (Å²) in [7, 11) is 1.62. The second kappa shape index (κ2) is 5.98. The maximum atomic E-state index is 12.2. The lowest BCUT2D eigenvalue weighted by molar-refractivity contribution is -0.116. The number of rotatable bonds is 3. The van der Waals surface area contributed by atoms with Gasteiger partial charge in [-0.25, -0.2) is 4.98 Å². The fourth-order valence-corrected chi connectivity index (χ4v) is 3.16. The highest BCUT2D eigenvalue weighted by molar-refractivity contribution is 5.94. The number of nitrogens with zero attached hydrogens (tertiary/aromatic N) is 2. The zero-order valence-corrected chi connectivity index (χ0v) is 13.6. The van der Waals surface area contributed by atoms with Crippen molar-refractivity contribution < 1.29 is 14.6 Å². The predicted molar refractivity (Wildman–Crippen MR) is 93.3 cm³/mol. The number of aromatic nitrogens is 2. The van der Waals surface area contributed by atoms with Gasteiger partial charge in [0.25, 0.3) is 0 Å². The number of fused-ring (bicyclic) bond motifs is 1. The zero-order chi connectivity index (χ0) is 17.4. The molecule has 6 heteroatoms. The molecule has 1 amide bonds. The summed E-state index contributed by atoms with van der Waals surface area (Å²) in [5, 5.41) is 12.7. The largest absolute Gasteiger partial charge is 0.508 e. The predicted octanol–water partition coefficient (Wildman–Crippen LogP) is 3.06. The van der Waals surface area contributed by atoms with Crippen LogP contribution in [0.3, 0.4) is 0 Å². The second-order valence-corrected chi connectivity index (χ2v) is 5.95. The number of nitrogens with one attached hydrogen (secondary N) is 1. The Morgan fingerprint density at radius 1 is 1.24 bits per heavy atom. The Labute approximate surface area is 144 Å². The number of hydrogen-bond donors (Lipinski definition) is 2. The summed E-state index contributed by atoms with van der Waals surface area (Å²) in [6, 6.07) is 14.5. The molecule has 3 aromatic rings. The van der Waals surface area contributed by atoms with E-state index in [4.69, 9.17) is 4.74 Å². The molecule has 25 heavy (non-hydrogen) atoms. The first-order valence-electron chi connectivity index (χ1n) is 7.96. The number of imidazole rings is 1. The summed E-state index contributed by atoms with van der Waals surface area (Å²) in [5.74, 6) is 1.35. The van der Waals surface area contributed by atoms with Gasteiger partial charge in [0.05, 0.1) is 12.8 Å². The monoisotopic (exact) mass is 335 g/mol. The number of phenolic OH excluding ortho intramolecular Hbond substituents is 1. The van der Waals surface area contributed by atoms with Crippen LogP contribution < -0.4 is 10.1 Å². The molecule has 1 aromatic heterocycles. The summed E-state index contributed by atoms with van der Waals surface area (Å²) in [4.78, 5) is 16.8. The second-order valence-electron chi connectivity index (χ2n) is 5.95. The van der Waals surface area contributed by atoms with E-state index >= 15 is 0 Å². The topological polar surface area (TPSA) is 76.4 Å². The van der Waals surface area contributed by atoms with Crippen molar-refractivity contribution in [3.05, 3.63) is 66.1 Å². The van der Waals surface area contributed by atoms with Crippen molar-refractivity contribution >= 4 is 11.7 Å². The molecule has 1 aliphatic heterocycles. The van der Waals surface area contributed by atoms with Gasteiger partial charge in [-0.3, -0.25) is 9.36 Å². The van der Waals surface area contributed by atoms with Crippen LogP contribution in [0.1, 0.15) is 23.6 Å². The van der Waals surface area contributed by atoms with Crippen molar-refractivity contribution in [2.45, 2.75) is 12.3 Å². The van der Waals surface area contributed by atoms with Crippen molar-refractivity contribution in [2.75, 3.05) is 12.4 Å². The van der Waals surface area contributed by atoms with Gasteiger partial charge in [-0.2, -0.15) is 0 Å². The average Bonchev–Trinajstić information content (AvgIpc) is 3.04. The molecule has 4 rings (SSSR count). The minimum absolute atomic E-state index is 0.0731. The number of anilines is 1. The molecule has 0 fully saturated rings. The molecule has 0 saturated carbocycles. The summed E-state index contributed by atoms with van der Waals surface area (Å²) >= 11 is 0. The molecule has 126 valence electrons. The van der Waals surface area contributed by atoms with Gasteiger partial charge in [0.2, 0.25) is 5.91 Å². The number of hydrogen-bond acceptors (Lipinski definition) is 4. The van der Waals surface area contributed by atoms with Gasteiger partial charge in [-0.05, 0) is 42.0 Å².